The largest absolute Gasteiger partial charge is 0.311 e. The van der Waals surface area contributed by atoms with Gasteiger partial charge in [0, 0.05) is 97.7 Å². The molecule has 8 aliphatic rings. The molecule has 8 heteroatoms. The van der Waals surface area contributed by atoms with E-state index in [1.54, 1.807) is 0 Å². The number of aryl methyl sites for hydroxylation is 2. The lowest BCUT2D eigenvalue weighted by molar-refractivity contribution is 0.332. The zero-order valence-corrected chi connectivity index (χ0v) is 86.7. The van der Waals surface area contributed by atoms with Crippen LogP contribution < -0.4 is 51.0 Å². The van der Waals surface area contributed by atoms with Gasteiger partial charge < -0.3 is 19.6 Å². The predicted molar refractivity (Wildman–Crippen MR) is 592 cm³/mol. The van der Waals surface area contributed by atoms with Crippen LogP contribution in [-0.2, 0) is 48.7 Å². The van der Waals surface area contributed by atoms with Gasteiger partial charge in [-0.25, -0.2) is 0 Å². The molecule has 4 aliphatic carbocycles. The lowest BCUT2D eigenvalue weighted by atomic mass is 9.35. The second-order valence-corrected chi connectivity index (χ2v) is 51.2. The van der Waals surface area contributed by atoms with Gasteiger partial charge in [0.25, 0.3) is 13.4 Å². The molecule has 2 aromatic heterocycles. The maximum Gasteiger partial charge on any atom is 0.264 e. The Hall–Kier alpha value is -10.9. The first-order valence-corrected chi connectivity index (χ1v) is 52.2. The smallest absolute Gasteiger partial charge is 0.264 e. The number of anilines is 12. The Kier molecular flexibility index (Phi) is 20.4. The minimum absolute atomic E-state index is 0.00152. The molecule has 0 radical (unpaired) electrons. The van der Waals surface area contributed by atoms with Crippen LogP contribution in [0.5, 0.6) is 0 Å². The van der Waals surface area contributed by atoms with Crippen molar-refractivity contribution in [2.45, 2.75) is 280 Å². The van der Waals surface area contributed by atoms with Crippen molar-refractivity contribution in [2.75, 3.05) is 19.6 Å². The molecule has 4 aliphatic heterocycles. The minimum atomic E-state index is -0.215. The summed E-state index contributed by atoms with van der Waals surface area (Å²) < 4.78 is 5.53. The van der Waals surface area contributed by atoms with Crippen LogP contribution in [0.25, 0.3) is 47.6 Å². The lowest BCUT2D eigenvalue weighted by Crippen LogP contribution is -2.61. The monoisotopic (exact) mass is 1800 g/mol. The average molecular weight is 1800 g/mol. The molecule has 0 bridgehead atoms. The van der Waals surface area contributed by atoms with Crippen molar-refractivity contribution >= 4 is 172 Å². The van der Waals surface area contributed by atoms with Gasteiger partial charge in [0.05, 0.1) is 22.7 Å². The third-order valence-corrected chi connectivity index (χ3v) is 36.5. The van der Waals surface area contributed by atoms with E-state index >= 15 is 0 Å². The first-order valence-electron chi connectivity index (χ1n) is 50.6. The van der Waals surface area contributed by atoms with E-state index in [-0.39, 0.29) is 73.5 Å². The first kappa shape index (κ1) is 89.3. The second kappa shape index (κ2) is 30.8. The molecule has 0 amide bonds. The molecule has 0 saturated carbocycles. The topological polar surface area (TPSA) is 13.0 Å². The van der Waals surface area contributed by atoms with E-state index in [2.05, 4.69) is 454 Å². The lowest BCUT2D eigenvalue weighted by Gasteiger charge is -2.47. The molecule has 14 aromatic rings. The summed E-state index contributed by atoms with van der Waals surface area (Å²) in [5, 5.41) is 5.20. The van der Waals surface area contributed by atoms with Gasteiger partial charge in [-0.1, -0.05) is 312 Å². The maximum absolute atomic E-state index is 2.79. The summed E-state index contributed by atoms with van der Waals surface area (Å²) in [7, 11) is 0. The number of allylic oxidation sites excluding steroid dienone is 8. The summed E-state index contributed by atoms with van der Waals surface area (Å²) in [6, 6.07) is 86.8. The highest BCUT2D eigenvalue weighted by Crippen LogP contribution is 2.59. The normalized spacial score (nSPS) is 19.0. The van der Waals surface area contributed by atoms with Gasteiger partial charge in [0.15, 0.2) is 0 Å². The Labute approximate surface area is 815 Å². The highest BCUT2D eigenvalue weighted by molar-refractivity contribution is 7.34. The van der Waals surface area contributed by atoms with Crippen LogP contribution in [0.1, 0.15) is 289 Å². The van der Waals surface area contributed by atoms with Gasteiger partial charge in [-0.05, 0) is 333 Å². The van der Waals surface area contributed by atoms with Gasteiger partial charge in [-0.2, -0.15) is 0 Å². The van der Waals surface area contributed by atoms with Crippen LogP contribution in [0.15, 0.2) is 255 Å². The number of nitrogens with zero attached hydrogens (tertiary/aromatic N) is 4. The van der Waals surface area contributed by atoms with Crippen LogP contribution in [0.4, 0.5) is 68.2 Å². The number of benzene rings is 12. The van der Waals surface area contributed by atoms with Crippen molar-refractivity contribution in [1.29, 1.82) is 0 Å². The molecule has 0 spiro atoms. The maximum atomic E-state index is 2.79. The number of hydrogen-bond acceptors (Lipinski definition) is 6. The first-order chi connectivity index (χ1) is 63.8. The van der Waals surface area contributed by atoms with Crippen LogP contribution in [-0.4, -0.2) is 13.4 Å². The van der Waals surface area contributed by atoms with Crippen molar-refractivity contribution in [3.8, 4) is 11.1 Å². The fraction of sp³-hybridized carbons (Fsp3) is 0.354. The van der Waals surface area contributed by atoms with Crippen molar-refractivity contribution in [2.24, 2.45) is 11.3 Å². The van der Waals surface area contributed by atoms with E-state index in [9.17, 15) is 0 Å². The molecular weight excluding hydrogens is 1670 g/mol. The summed E-state index contributed by atoms with van der Waals surface area (Å²) in [5.41, 5.74) is 41.6. The molecule has 22 rings (SSSR count). The Morgan fingerprint density at radius 1 is 0.393 bits per heavy atom. The predicted octanol–water partition coefficient (Wildman–Crippen LogP) is 32.6. The van der Waals surface area contributed by atoms with E-state index in [1.807, 2.05) is 22.7 Å². The molecule has 0 N–H and O–H groups in total. The standard InChI is InChI=1S/C127H136B2N4S2/c1-27-126(25,87-46-53-102(92(70-87)81-38-40-84-35-30-31-56-127(84,26)75-81)132-104-73-98-96(122(17,18)57-59-124(98,21)22)71-100(104)129-112-107(64-77(4)65-108(112)132)131(88-48-41-82(42-49-88)118(6,7)8)115-95-69-86(120(12,13)14)47-55-111(95)135-117(115)129)62-61-121(15,16)83-43-50-89(51-44-83)130-106-63-78(5)66-109-113(106)128(116-114(130)94-67-80(76(2)3)39-54-110(94)134-116)101-72-97-99(125(23,24)60-58-123(97,19)20)74-105(101)133(109)103-52-45-85(119(9,10)11)68-93(103)91-37-32-34-79-33-28-29-36-90(79)91/h28-56,63-76,84H,27,57-62H2,1-26H3. The molecule has 4 nitrogen and oxygen atoms in total. The Morgan fingerprint density at radius 2 is 0.844 bits per heavy atom. The molecule has 12 aromatic carbocycles. The highest BCUT2D eigenvalue weighted by Gasteiger charge is 2.52. The average Bonchev–Trinajstić information content (AvgIpc) is 1.66. The summed E-state index contributed by atoms with van der Waals surface area (Å²) in [6.45, 7) is 63.3. The number of hydrogen-bond donors (Lipinski definition) is 0. The van der Waals surface area contributed by atoms with E-state index in [4.69, 9.17) is 0 Å². The van der Waals surface area contributed by atoms with Crippen LogP contribution in [0, 0.1) is 25.2 Å². The van der Waals surface area contributed by atoms with Crippen molar-refractivity contribution < 1.29 is 0 Å². The fourth-order valence-electron chi connectivity index (χ4n) is 24.8. The molecule has 3 atom stereocenters. The van der Waals surface area contributed by atoms with E-state index < -0.39 is 0 Å². The summed E-state index contributed by atoms with van der Waals surface area (Å²) in [6.07, 6.45) is 24.5. The Morgan fingerprint density at radius 3 is 1.37 bits per heavy atom. The molecule has 6 heterocycles. The van der Waals surface area contributed by atoms with E-state index in [0.717, 1.165) is 44.9 Å². The van der Waals surface area contributed by atoms with Crippen molar-refractivity contribution in [3.05, 3.63) is 327 Å². The van der Waals surface area contributed by atoms with Crippen LogP contribution in [0.3, 0.4) is 0 Å². The SMILES string of the molecule is CCC(C)(CCC(C)(C)c1ccc(N2c3cc(C)cc4c3B(c3cc5c(cc3N4c3ccc(C(C)(C)C)cc3-c3cccc4ccccc34)C(C)(C)CCC5(C)C)c3sc4ccc(C(C)C)cc4c32)cc1)c1ccc(N2c3cc4c(cc3B3c5sc6ccc(C(C)(C)C)cc6c5N(c5ccc(C(C)(C)C)cc5)c5cc(C)cc2c53)C(C)(C)CCC4(C)C)c(C2=CC3(C)C=CC=CC3C=C2)c1. The molecule has 135 heavy (non-hydrogen) atoms. The highest BCUT2D eigenvalue weighted by atomic mass is 32.1. The van der Waals surface area contributed by atoms with Crippen molar-refractivity contribution in [3.63, 3.8) is 0 Å². The molecule has 0 saturated heterocycles. The van der Waals surface area contributed by atoms with Crippen molar-refractivity contribution in [1.82, 2.24) is 0 Å². The Balaban J connectivity index is 0.683. The number of thiophene rings is 2. The third kappa shape index (κ3) is 14.2. The zero-order chi connectivity index (χ0) is 94.8. The number of rotatable bonds is 13. The van der Waals surface area contributed by atoms with Crippen LogP contribution in [0.2, 0.25) is 0 Å². The van der Waals surface area contributed by atoms with E-state index in [1.165, 1.54) is 220 Å². The minimum Gasteiger partial charge on any atom is -0.311 e. The zero-order valence-electron chi connectivity index (χ0n) is 85.1. The quantitative estimate of drug-likeness (QED) is 0.107. The Bertz CT molecular complexity index is 7440. The van der Waals surface area contributed by atoms with E-state index in [0.29, 0.717) is 5.92 Å². The third-order valence-electron chi connectivity index (χ3n) is 34.1. The van der Waals surface area contributed by atoms with Gasteiger partial charge in [0.1, 0.15) is 0 Å². The summed E-state index contributed by atoms with van der Waals surface area (Å²) >= 11 is 4.06. The van der Waals surface area contributed by atoms with Gasteiger partial charge in [-0.15, -0.1) is 22.7 Å². The number of fused-ring (bicyclic) bond motifs is 16. The summed E-state index contributed by atoms with van der Waals surface area (Å²) in [4.78, 5) is 11.0. The van der Waals surface area contributed by atoms with Crippen LogP contribution >= 0.6 is 22.7 Å². The fourth-order valence-corrected chi connectivity index (χ4v) is 27.4. The van der Waals surface area contributed by atoms with Gasteiger partial charge in [0.2, 0.25) is 0 Å². The molecule has 0 fully saturated rings. The molecule has 3 unspecified atom stereocenters. The summed E-state index contributed by atoms with van der Waals surface area (Å²) in [5.74, 6) is 0.618. The van der Waals surface area contributed by atoms with Gasteiger partial charge >= 0.3 is 0 Å². The second-order valence-electron chi connectivity index (χ2n) is 49.1. The molecular formula is C127H136B2N4S2. The molecule has 682 valence electrons. The van der Waals surface area contributed by atoms with Gasteiger partial charge in [-0.3, -0.25) is 0 Å².